The van der Waals surface area contributed by atoms with Crippen LogP contribution < -0.4 is 10.6 Å². The smallest absolute Gasteiger partial charge is 0.242 e. The molecule has 2 N–H and O–H groups in total. The number of nitrogens with zero attached hydrogens (tertiary/aromatic N) is 2. The van der Waals surface area contributed by atoms with Crippen LogP contribution in [0.2, 0.25) is 0 Å². The van der Waals surface area contributed by atoms with Crippen LogP contribution >= 0.6 is 24.0 Å². The van der Waals surface area contributed by atoms with Gasteiger partial charge >= 0.3 is 0 Å². The quantitative estimate of drug-likeness (QED) is 0.287. The molecule has 1 aliphatic carbocycles. The van der Waals surface area contributed by atoms with E-state index in [9.17, 15) is 8.42 Å². The van der Waals surface area contributed by atoms with Crippen LogP contribution in [0.3, 0.4) is 0 Å². The van der Waals surface area contributed by atoms with Gasteiger partial charge in [-0.25, -0.2) is 12.7 Å². The minimum absolute atomic E-state index is 0. The van der Waals surface area contributed by atoms with E-state index < -0.39 is 10.0 Å². The van der Waals surface area contributed by atoms with Crippen LogP contribution in [0.4, 0.5) is 0 Å². The zero-order chi connectivity index (χ0) is 20.6. The molecule has 0 heterocycles. The van der Waals surface area contributed by atoms with Gasteiger partial charge in [0.05, 0.1) is 4.90 Å². The van der Waals surface area contributed by atoms with Gasteiger partial charge in [-0.15, -0.1) is 24.0 Å². The number of hydrogen-bond donors (Lipinski definition) is 2. The average Bonchev–Trinajstić information content (AvgIpc) is 3.16. The summed E-state index contributed by atoms with van der Waals surface area (Å²) in [5, 5.41) is 6.77. The molecule has 0 atom stereocenters. The summed E-state index contributed by atoms with van der Waals surface area (Å²) in [7, 11) is 3.19. The first-order valence-electron chi connectivity index (χ1n) is 9.78. The molecule has 0 spiro atoms. The molecule has 166 valence electrons. The summed E-state index contributed by atoms with van der Waals surface area (Å²) >= 11 is 0. The van der Waals surface area contributed by atoms with Gasteiger partial charge in [0.2, 0.25) is 10.0 Å². The number of rotatable bonds is 9. The summed E-state index contributed by atoms with van der Waals surface area (Å²) in [6.45, 7) is 2.25. The van der Waals surface area contributed by atoms with Gasteiger partial charge in [0, 0.05) is 47.9 Å². The third kappa shape index (κ3) is 7.37. The van der Waals surface area contributed by atoms with Crippen molar-refractivity contribution in [3.8, 4) is 0 Å². The average molecular weight is 538 g/mol. The molecule has 1 aromatic carbocycles. The van der Waals surface area contributed by atoms with Crippen LogP contribution in [-0.4, -0.2) is 60.1 Å². The van der Waals surface area contributed by atoms with E-state index in [0.717, 1.165) is 31.1 Å². The number of methoxy groups -OCH3 is 1. The number of benzene rings is 1. The molecule has 9 heteroatoms. The highest BCUT2D eigenvalue weighted by Crippen LogP contribution is 2.40. The van der Waals surface area contributed by atoms with Crippen LogP contribution in [-0.2, 0) is 21.3 Å². The van der Waals surface area contributed by atoms with Crippen molar-refractivity contribution in [2.75, 3.05) is 41.4 Å². The maximum absolute atomic E-state index is 12.1. The van der Waals surface area contributed by atoms with Crippen molar-refractivity contribution in [1.82, 2.24) is 14.9 Å². The molecule has 1 aliphatic rings. The molecule has 0 aromatic heterocycles. The number of hydrogen-bond acceptors (Lipinski definition) is 4. The molecule has 0 saturated heterocycles. The van der Waals surface area contributed by atoms with Gasteiger partial charge in [0.15, 0.2) is 5.96 Å². The number of sulfonamides is 1. The van der Waals surface area contributed by atoms with E-state index in [1.807, 2.05) is 12.1 Å². The van der Waals surface area contributed by atoms with Gasteiger partial charge in [0.1, 0.15) is 0 Å². The molecule has 0 aliphatic heterocycles. The van der Waals surface area contributed by atoms with Crippen molar-refractivity contribution in [2.24, 2.45) is 10.4 Å². The van der Waals surface area contributed by atoms with E-state index in [1.54, 1.807) is 26.3 Å². The van der Waals surface area contributed by atoms with E-state index in [0.29, 0.717) is 11.4 Å². The fourth-order valence-corrected chi connectivity index (χ4v) is 4.53. The largest absolute Gasteiger partial charge is 0.385 e. The number of halogens is 1. The second-order valence-corrected chi connectivity index (χ2v) is 9.81. The first-order valence-corrected chi connectivity index (χ1v) is 11.2. The van der Waals surface area contributed by atoms with Gasteiger partial charge in [-0.2, -0.15) is 0 Å². The predicted octanol–water partition coefficient (Wildman–Crippen LogP) is 2.82. The van der Waals surface area contributed by atoms with Gasteiger partial charge in [-0.05, 0) is 42.4 Å². The fourth-order valence-electron chi connectivity index (χ4n) is 3.63. The van der Waals surface area contributed by atoms with Crippen molar-refractivity contribution in [3.63, 3.8) is 0 Å². The Morgan fingerprint density at radius 2 is 1.79 bits per heavy atom. The second kappa shape index (κ2) is 12.1. The summed E-state index contributed by atoms with van der Waals surface area (Å²) < 4.78 is 30.8. The number of aliphatic imine (C=N–C) groups is 1. The maximum Gasteiger partial charge on any atom is 0.242 e. The third-order valence-electron chi connectivity index (χ3n) is 5.52. The molecule has 29 heavy (non-hydrogen) atoms. The van der Waals surface area contributed by atoms with Crippen LogP contribution in [0.25, 0.3) is 0 Å². The second-order valence-electron chi connectivity index (χ2n) is 7.66. The maximum atomic E-state index is 12.1. The molecule has 1 fully saturated rings. The highest BCUT2D eigenvalue weighted by Gasteiger charge is 2.33. The molecule has 0 bridgehead atoms. The minimum Gasteiger partial charge on any atom is -0.385 e. The summed E-state index contributed by atoms with van der Waals surface area (Å²) in [5.74, 6) is 0.758. The Morgan fingerprint density at radius 3 is 2.31 bits per heavy atom. The van der Waals surface area contributed by atoms with Gasteiger partial charge in [0.25, 0.3) is 0 Å². The van der Waals surface area contributed by atoms with Crippen LogP contribution in [0, 0.1) is 5.41 Å². The predicted molar refractivity (Wildman–Crippen MR) is 128 cm³/mol. The zero-order valence-electron chi connectivity index (χ0n) is 17.9. The molecule has 7 nitrogen and oxygen atoms in total. The van der Waals surface area contributed by atoms with Crippen molar-refractivity contribution < 1.29 is 13.2 Å². The van der Waals surface area contributed by atoms with Crippen LogP contribution in [0.5, 0.6) is 0 Å². The number of ether oxygens (including phenoxy) is 1. The van der Waals surface area contributed by atoms with Crippen LogP contribution in [0.15, 0.2) is 34.2 Å². The highest BCUT2D eigenvalue weighted by molar-refractivity contribution is 14.0. The monoisotopic (exact) mass is 538 g/mol. The summed E-state index contributed by atoms with van der Waals surface area (Å²) in [5.41, 5.74) is 1.28. The topological polar surface area (TPSA) is 83.0 Å². The van der Waals surface area contributed by atoms with Crippen molar-refractivity contribution in [2.45, 2.75) is 43.5 Å². The van der Waals surface area contributed by atoms with E-state index in [2.05, 4.69) is 15.6 Å². The molecule has 1 aromatic rings. The van der Waals surface area contributed by atoms with Crippen molar-refractivity contribution >= 4 is 40.0 Å². The summed E-state index contributed by atoms with van der Waals surface area (Å²) in [6.07, 6.45) is 6.07. The van der Waals surface area contributed by atoms with E-state index in [1.165, 1.54) is 44.1 Å². The fraction of sp³-hybridized carbons (Fsp3) is 0.650. The minimum atomic E-state index is -3.40. The Kier molecular flexibility index (Phi) is 10.9. The van der Waals surface area contributed by atoms with Gasteiger partial charge in [-0.3, -0.25) is 4.99 Å². The Morgan fingerprint density at radius 1 is 1.17 bits per heavy atom. The Hall–Kier alpha value is -0.910. The molecule has 0 radical (unpaired) electrons. The van der Waals surface area contributed by atoms with E-state index in [-0.39, 0.29) is 29.4 Å². The highest BCUT2D eigenvalue weighted by atomic mass is 127. The molecule has 0 unspecified atom stereocenters. The van der Waals surface area contributed by atoms with Gasteiger partial charge in [-0.1, -0.05) is 25.0 Å². The lowest BCUT2D eigenvalue weighted by Crippen LogP contribution is -2.43. The molecular weight excluding hydrogens is 503 g/mol. The van der Waals surface area contributed by atoms with Gasteiger partial charge < -0.3 is 15.4 Å². The summed E-state index contributed by atoms with van der Waals surface area (Å²) in [4.78, 5) is 4.61. The first kappa shape index (κ1) is 26.1. The van der Waals surface area contributed by atoms with E-state index >= 15 is 0 Å². The lowest BCUT2D eigenvalue weighted by molar-refractivity contribution is 0.138. The molecule has 2 rings (SSSR count). The SMILES string of the molecule is CN=C(NCc1ccc(S(=O)(=O)N(C)C)cc1)NCC1(CCOC)CCCC1.I. The van der Waals surface area contributed by atoms with Crippen molar-refractivity contribution in [3.05, 3.63) is 29.8 Å². The standard InChI is InChI=1S/C20H34N4O3S.HI/c1-21-19(23-16-20(13-14-27-4)11-5-6-12-20)22-15-17-7-9-18(10-8-17)28(25,26)24(2)3;/h7-10H,5-6,11-16H2,1-4H3,(H2,21,22,23);1H. The lowest BCUT2D eigenvalue weighted by atomic mass is 9.83. The molecule has 0 amide bonds. The first-order chi connectivity index (χ1) is 13.3. The zero-order valence-corrected chi connectivity index (χ0v) is 21.0. The Labute approximate surface area is 192 Å². The lowest BCUT2D eigenvalue weighted by Gasteiger charge is -2.30. The third-order valence-corrected chi connectivity index (χ3v) is 7.35. The normalized spacial score (nSPS) is 16.5. The Bertz CT molecular complexity index is 745. The van der Waals surface area contributed by atoms with E-state index in [4.69, 9.17) is 4.74 Å². The molecular formula is C20H35IN4O3S. The van der Waals surface area contributed by atoms with Crippen LogP contribution in [0.1, 0.15) is 37.7 Å². The number of guanidine groups is 1. The summed E-state index contributed by atoms with van der Waals surface area (Å²) in [6, 6.07) is 6.93. The number of nitrogens with one attached hydrogen (secondary N) is 2. The Balaban J connectivity index is 0.00000420. The molecule has 1 saturated carbocycles. The van der Waals surface area contributed by atoms with Crippen molar-refractivity contribution in [1.29, 1.82) is 0 Å².